The van der Waals surface area contributed by atoms with E-state index in [1.165, 1.54) is 44.5 Å². The van der Waals surface area contributed by atoms with E-state index >= 15 is 0 Å². The number of nitrogens with one attached hydrogen (secondary N) is 1. The van der Waals surface area contributed by atoms with Gasteiger partial charge in [-0.25, -0.2) is 0 Å². The highest BCUT2D eigenvalue weighted by Gasteiger charge is 2.15. The molecule has 0 aromatic carbocycles. The monoisotopic (exact) mass is 252 g/mol. The van der Waals surface area contributed by atoms with E-state index < -0.39 is 0 Å². The summed E-state index contributed by atoms with van der Waals surface area (Å²) in [5.41, 5.74) is 1.42. The molecule has 1 aliphatic heterocycles. The largest absolute Gasteiger partial charge is 0.306 e. The number of piperidine rings is 1. The minimum absolute atomic E-state index is 0.473. The van der Waals surface area contributed by atoms with Gasteiger partial charge in [-0.3, -0.25) is 0 Å². The van der Waals surface area contributed by atoms with Crippen molar-refractivity contribution in [2.24, 2.45) is 0 Å². The Hall–Kier alpha value is -0.380. The molecule has 2 heterocycles. The Balaban J connectivity index is 1.74. The predicted molar refractivity (Wildman–Crippen MR) is 75.6 cm³/mol. The molecule has 0 bridgehead atoms. The van der Waals surface area contributed by atoms with Crippen LogP contribution in [0.4, 0.5) is 0 Å². The highest BCUT2D eigenvalue weighted by atomic mass is 32.1. The van der Waals surface area contributed by atoms with Crippen molar-refractivity contribution in [3.8, 4) is 0 Å². The van der Waals surface area contributed by atoms with Gasteiger partial charge in [0.05, 0.1) is 0 Å². The van der Waals surface area contributed by atoms with Crippen molar-refractivity contribution >= 4 is 11.3 Å². The third-order valence-electron chi connectivity index (χ3n) is 3.56. The summed E-state index contributed by atoms with van der Waals surface area (Å²) in [7, 11) is 0. The summed E-state index contributed by atoms with van der Waals surface area (Å²) in [6.07, 6.45) is 4.18. The molecule has 0 aliphatic carbocycles. The van der Waals surface area contributed by atoms with Gasteiger partial charge >= 0.3 is 0 Å². The van der Waals surface area contributed by atoms with Gasteiger partial charge in [0.1, 0.15) is 0 Å². The summed E-state index contributed by atoms with van der Waals surface area (Å²) >= 11 is 1.78. The first-order valence-corrected chi connectivity index (χ1v) is 7.70. The fraction of sp³-hybridized carbons (Fsp3) is 0.714. The molecule has 1 aliphatic rings. The van der Waals surface area contributed by atoms with Gasteiger partial charge in [0, 0.05) is 18.6 Å². The molecular formula is C14H24N2S. The maximum Gasteiger partial charge on any atom is 0.0303 e. The Labute approximate surface area is 109 Å². The molecule has 0 spiro atoms. The first-order chi connectivity index (χ1) is 8.25. The quantitative estimate of drug-likeness (QED) is 0.865. The van der Waals surface area contributed by atoms with E-state index in [0.717, 1.165) is 0 Å². The average molecular weight is 252 g/mol. The fourth-order valence-electron chi connectivity index (χ4n) is 2.63. The summed E-state index contributed by atoms with van der Waals surface area (Å²) in [6.45, 7) is 8.33. The van der Waals surface area contributed by atoms with E-state index in [0.29, 0.717) is 12.1 Å². The summed E-state index contributed by atoms with van der Waals surface area (Å²) in [5.74, 6) is 0. The number of thiophene rings is 1. The van der Waals surface area contributed by atoms with Crippen LogP contribution in [0.1, 0.15) is 44.7 Å². The summed E-state index contributed by atoms with van der Waals surface area (Å²) < 4.78 is 0. The van der Waals surface area contributed by atoms with Crippen LogP contribution in [-0.2, 0) is 0 Å². The molecule has 0 saturated carbocycles. The summed E-state index contributed by atoms with van der Waals surface area (Å²) in [4.78, 5) is 2.60. The van der Waals surface area contributed by atoms with Crippen LogP contribution in [0.3, 0.4) is 0 Å². The Kier molecular flexibility index (Phi) is 5.01. The summed E-state index contributed by atoms with van der Waals surface area (Å²) in [6, 6.07) is 3.26. The van der Waals surface area contributed by atoms with Crippen LogP contribution in [0, 0.1) is 0 Å². The Morgan fingerprint density at radius 1 is 1.29 bits per heavy atom. The zero-order valence-electron chi connectivity index (χ0n) is 11.0. The molecule has 1 aromatic heterocycles. The number of hydrogen-bond donors (Lipinski definition) is 1. The van der Waals surface area contributed by atoms with Gasteiger partial charge in [0.15, 0.2) is 0 Å². The SMILES string of the molecule is CC(CN1CCCCC1)NC(C)c1ccsc1. The van der Waals surface area contributed by atoms with E-state index in [1.54, 1.807) is 11.3 Å². The van der Waals surface area contributed by atoms with Crippen LogP contribution in [0.5, 0.6) is 0 Å². The van der Waals surface area contributed by atoms with Crippen LogP contribution in [-0.4, -0.2) is 30.6 Å². The lowest BCUT2D eigenvalue weighted by Crippen LogP contribution is -2.42. The first kappa shape index (κ1) is 13.1. The predicted octanol–water partition coefficient (Wildman–Crippen LogP) is 3.27. The van der Waals surface area contributed by atoms with Gasteiger partial charge in [-0.2, -0.15) is 11.3 Å². The van der Waals surface area contributed by atoms with E-state index in [1.807, 2.05) is 0 Å². The van der Waals surface area contributed by atoms with Crippen molar-refractivity contribution in [1.82, 2.24) is 10.2 Å². The summed E-state index contributed by atoms with van der Waals surface area (Å²) in [5, 5.41) is 8.09. The smallest absolute Gasteiger partial charge is 0.0303 e. The molecule has 96 valence electrons. The van der Waals surface area contributed by atoms with Crippen LogP contribution in [0.2, 0.25) is 0 Å². The first-order valence-electron chi connectivity index (χ1n) is 6.76. The van der Waals surface area contributed by atoms with Gasteiger partial charge in [-0.05, 0) is 62.2 Å². The third-order valence-corrected chi connectivity index (χ3v) is 4.26. The second-order valence-corrected chi connectivity index (χ2v) is 5.99. The molecule has 1 aromatic rings. The standard InChI is InChI=1S/C14H24N2S/c1-12(10-16-7-4-3-5-8-16)15-13(2)14-6-9-17-11-14/h6,9,11-13,15H,3-5,7-8,10H2,1-2H3. The molecule has 17 heavy (non-hydrogen) atoms. The fourth-order valence-corrected chi connectivity index (χ4v) is 3.38. The van der Waals surface area contributed by atoms with Crippen molar-refractivity contribution in [1.29, 1.82) is 0 Å². The molecule has 2 rings (SSSR count). The highest BCUT2D eigenvalue weighted by Crippen LogP contribution is 2.16. The van der Waals surface area contributed by atoms with Crippen molar-refractivity contribution in [2.45, 2.75) is 45.2 Å². The molecule has 3 heteroatoms. The van der Waals surface area contributed by atoms with Gasteiger partial charge < -0.3 is 10.2 Å². The number of likely N-dealkylation sites (tertiary alicyclic amines) is 1. The maximum atomic E-state index is 3.69. The lowest BCUT2D eigenvalue weighted by Gasteiger charge is -2.30. The van der Waals surface area contributed by atoms with Gasteiger partial charge in [-0.1, -0.05) is 6.42 Å². The third kappa shape index (κ3) is 4.09. The molecule has 1 N–H and O–H groups in total. The van der Waals surface area contributed by atoms with Gasteiger partial charge in [0.2, 0.25) is 0 Å². The molecule has 2 nitrogen and oxygen atoms in total. The molecule has 2 unspecified atom stereocenters. The Morgan fingerprint density at radius 3 is 2.71 bits per heavy atom. The van der Waals surface area contributed by atoms with Gasteiger partial charge in [-0.15, -0.1) is 0 Å². The minimum atomic E-state index is 0.473. The number of rotatable bonds is 5. The zero-order valence-corrected chi connectivity index (χ0v) is 11.8. The van der Waals surface area contributed by atoms with Gasteiger partial charge in [0.25, 0.3) is 0 Å². The van der Waals surface area contributed by atoms with Crippen molar-refractivity contribution < 1.29 is 0 Å². The van der Waals surface area contributed by atoms with Crippen molar-refractivity contribution in [3.63, 3.8) is 0 Å². The molecule has 1 saturated heterocycles. The zero-order chi connectivity index (χ0) is 12.1. The highest BCUT2D eigenvalue weighted by molar-refractivity contribution is 7.07. The van der Waals surface area contributed by atoms with Crippen LogP contribution < -0.4 is 5.32 Å². The maximum absolute atomic E-state index is 3.69. The normalized spacial score (nSPS) is 21.3. The van der Waals surface area contributed by atoms with E-state index in [4.69, 9.17) is 0 Å². The van der Waals surface area contributed by atoms with Crippen LogP contribution >= 0.6 is 11.3 Å². The molecule has 2 atom stereocenters. The second kappa shape index (κ2) is 6.53. The minimum Gasteiger partial charge on any atom is -0.306 e. The van der Waals surface area contributed by atoms with E-state index in [-0.39, 0.29) is 0 Å². The Morgan fingerprint density at radius 2 is 2.06 bits per heavy atom. The lowest BCUT2D eigenvalue weighted by atomic mass is 10.1. The molecule has 0 amide bonds. The average Bonchev–Trinajstić information content (AvgIpc) is 2.83. The number of nitrogens with zero attached hydrogens (tertiary/aromatic N) is 1. The Bertz CT molecular complexity index is 304. The lowest BCUT2D eigenvalue weighted by molar-refractivity contribution is 0.205. The number of hydrogen-bond acceptors (Lipinski definition) is 3. The molecule has 0 radical (unpaired) electrons. The second-order valence-electron chi connectivity index (χ2n) is 5.21. The van der Waals surface area contributed by atoms with Crippen LogP contribution in [0.25, 0.3) is 0 Å². The van der Waals surface area contributed by atoms with Crippen LogP contribution in [0.15, 0.2) is 16.8 Å². The topological polar surface area (TPSA) is 15.3 Å². The van der Waals surface area contributed by atoms with E-state index in [2.05, 4.69) is 40.9 Å². The van der Waals surface area contributed by atoms with Crippen molar-refractivity contribution in [3.05, 3.63) is 22.4 Å². The van der Waals surface area contributed by atoms with Crippen molar-refractivity contribution in [2.75, 3.05) is 19.6 Å². The molecule has 1 fully saturated rings. The van der Waals surface area contributed by atoms with E-state index in [9.17, 15) is 0 Å². The molecular weight excluding hydrogens is 228 g/mol.